The van der Waals surface area contributed by atoms with Crippen molar-refractivity contribution in [2.24, 2.45) is 11.1 Å². The van der Waals surface area contributed by atoms with Crippen molar-refractivity contribution in [3.63, 3.8) is 0 Å². The summed E-state index contributed by atoms with van der Waals surface area (Å²) in [5.74, 6) is -1.18. The Kier molecular flexibility index (Phi) is 6.74. The van der Waals surface area contributed by atoms with Crippen LogP contribution in [0.15, 0.2) is 27.3 Å². The summed E-state index contributed by atoms with van der Waals surface area (Å²) in [7, 11) is 1.30. The van der Waals surface area contributed by atoms with Crippen LogP contribution in [0, 0.1) is 5.92 Å². The molecule has 36 heavy (non-hydrogen) atoms. The van der Waals surface area contributed by atoms with Crippen LogP contribution in [0.3, 0.4) is 0 Å². The number of carbonyl (C=O) groups is 3. The Balaban J connectivity index is 1.34. The number of thioether (sulfide) groups is 1. The van der Waals surface area contributed by atoms with E-state index in [-0.39, 0.29) is 22.2 Å². The van der Waals surface area contributed by atoms with E-state index in [1.54, 1.807) is 16.7 Å². The molecule has 0 aromatic carbocycles. The summed E-state index contributed by atoms with van der Waals surface area (Å²) in [6.07, 6.45) is 3.12. The van der Waals surface area contributed by atoms with Crippen molar-refractivity contribution in [2.45, 2.75) is 44.1 Å². The highest BCUT2D eigenvalue weighted by Gasteiger charge is 2.55. The van der Waals surface area contributed by atoms with Crippen LogP contribution in [0.5, 0.6) is 0 Å². The molecule has 1 saturated heterocycles. The smallest absolute Gasteiger partial charge is 0.352 e. The molecule has 3 atom stereocenters. The van der Waals surface area contributed by atoms with Crippen LogP contribution in [0.1, 0.15) is 29.6 Å². The Labute approximate surface area is 219 Å². The SMILES string of the molecule is CO/N=C(\C(=O)N[C@@H]1C(=O)N2C(C(=O)O)=C(C[n+]3csc4c3CCC(C)C4)CS[C@@H]12)c1csc(N)n1. The van der Waals surface area contributed by atoms with E-state index in [1.807, 2.05) is 0 Å². The number of nitrogens with zero attached hydrogens (tertiary/aromatic N) is 4. The highest BCUT2D eigenvalue weighted by atomic mass is 32.2. The minimum absolute atomic E-state index is 0.00364. The molecule has 4 heterocycles. The summed E-state index contributed by atoms with van der Waals surface area (Å²) in [6.45, 7) is 2.68. The molecule has 2 amide bonds. The van der Waals surface area contributed by atoms with Gasteiger partial charge in [-0.05, 0) is 18.8 Å². The number of oxime groups is 1. The van der Waals surface area contributed by atoms with Gasteiger partial charge in [0, 0.05) is 23.1 Å². The number of aliphatic carboxylic acids is 1. The van der Waals surface area contributed by atoms with Crippen LogP contribution >= 0.6 is 34.4 Å². The molecule has 1 fully saturated rings. The first-order valence-corrected chi connectivity index (χ1v) is 14.1. The number of hydrogen-bond donors (Lipinski definition) is 3. The zero-order chi connectivity index (χ0) is 25.6. The van der Waals surface area contributed by atoms with Gasteiger partial charge in [-0.15, -0.1) is 23.1 Å². The molecule has 2 aromatic rings. The van der Waals surface area contributed by atoms with Crippen LogP contribution in [-0.4, -0.2) is 62.8 Å². The van der Waals surface area contributed by atoms with Crippen LogP contribution in [-0.2, 0) is 38.6 Å². The van der Waals surface area contributed by atoms with Crippen molar-refractivity contribution in [1.82, 2.24) is 15.2 Å². The second-order valence-corrected chi connectivity index (χ2v) is 11.8. The maximum atomic E-state index is 13.1. The minimum Gasteiger partial charge on any atom is -0.477 e. The van der Waals surface area contributed by atoms with E-state index in [4.69, 9.17) is 10.6 Å². The average Bonchev–Trinajstić information content (AvgIpc) is 3.45. The zero-order valence-electron chi connectivity index (χ0n) is 19.6. The lowest BCUT2D eigenvalue weighted by atomic mass is 9.92. The van der Waals surface area contributed by atoms with E-state index in [0.717, 1.165) is 30.6 Å². The lowest BCUT2D eigenvalue weighted by Gasteiger charge is -2.49. The van der Waals surface area contributed by atoms with Crippen molar-refractivity contribution in [2.75, 3.05) is 18.6 Å². The summed E-state index contributed by atoms with van der Waals surface area (Å²) in [6, 6.07) is -0.889. The van der Waals surface area contributed by atoms with Gasteiger partial charge in [0.15, 0.2) is 23.1 Å². The standard InChI is InChI=1S/C22H24N6O5S3/c1-10-3-4-13-14(5-10)36-9-27(13)6-11-7-34-20-16(19(30)28(20)17(11)21(31)32)25-18(29)15(26-33-2)12-8-35-22(23)24-12/h8-10,16,20H,3-7H2,1-2H3,(H3-,23,24,25,29,31,32)/p+1/b26-15-/t10?,16-,20+/m1/s1. The summed E-state index contributed by atoms with van der Waals surface area (Å²) < 4.78 is 2.13. The normalized spacial score (nSPS) is 23.6. The predicted molar refractivity (Wildman–Crippen MR) is 135 cm³/mol. The number of aromatic nitrogens is 2. The number of rotatable bonds is 7. The van der Waals surface area contributed by atoms with Gasteiger partial charge < -0.3 is 21.0 Å². The van der Waals surface area contributed by atoms with Gasteiger partial charge in [-0.2, -0.15) is 4.57 Å². The quantitative estimate of drug-likeness (QED) is 0.200. The number of carbonyl (C=O) groups excluding carboxylic acids is 2. The van der Waals surface area contributed by atoms with Crippen molar-refractivity contribution >= 4 is 63.1 Å². The third-order valence-electron chi connectivity index (χ3n) is 6.46. The second kappa shape index (κ2) is 9.82. The average molecular weight is 550 g/mol. The molecule has 190 valence electrons. The van der Waals surface area contributed by atoms with Gasteiger partial charge in [0.25, 0.3) is 11.8 Å². The molecule has 0 saturated carbocycles. The number of carboxylic acids is 1. The van der Waals surface area contributed by atoms with Gasteiger partial charge in [-0.25, -0.2) is 9.78 Å². The number of amides is 2. The third kappa shape index (κ3) is 4.37. The molecule has 1 aliphatic carbocycles. The highest BCUT2D eigenvalue weighted by molar-refractivity contribution is 8.00. The van der Waals surface area contributed by atoms with E-state index in [1.165, 1.54) is 34.3 Å². The molecular formula is C22H25N6O5S3+. The fourth-order valence-corrected chi connectivity index (χ4v) is 7.79. The first kappa shape index (κ1) is 24.7. The molecule has 3 aliphatic rings. The molecule has 4 N–H and O–H groups in total. The fourth-order valence-electron chi connectivity index (χ4n) is 4.71. The number of nitrogens with two attached hydrogens (primary N) is 1. The largest absolute Gasteiger partial charge is 0.477 e. The van der Waals surface area contributed by atoms with E-state index in [0.29, 0.717) is 23.8 Å². The molecule has 14 heteroatoms. The molecule has 0 spiro atoms. The number of fused-ring (bicyclic) bond motifs is 2. The number of thiazole rings is 2. The van der Waals surface area contributed by atoms with Crippen molar-refractivity contribution < 1.29 is 28.9 Å². The zero-order valence-corrected chi connectivity index (χ0v) is 22.0. The molecule has 2 aromatic heterocycles. The van der Waals surface area contributed by atoms with Crippen LogP contribution in [0.25, 0.3) is 0 Å². The number of β-lactam (4-membered cyclic amide) rings is 1. The molecule has 11 nitrogen and oxygen atoms in total. The Morgan fingerprint density at radius 3 is 2.92 bits per heavy atom. The monoisotopic (exact) mass is 549 g/mol. The van der Waals surface area contributed by atoms with Crippen molar-refractivity contribution in [3.05, 3.63) is 38.4 Å². The molecule has 2 aliphatic heterocycles. The van der Waals surface area contributed by atoms with Crippen LogP contribution in [0.2, 0.25) is 0 Å². The Bertz CT molecular complexity index is 1300. The van der Waals surface area contributed by atoms with Crippen molar-refractivity contribution in [3.8, 4) is 0 Å². The maximum Gasteiger partial charge on any atom is 0.352 e. The fraction of sp³-hybridized carbons (Fsp3) is 0.455. The van der Waals surface area contributed by atoms with Gasteiger partial charge in [0.2, 0.25) is 5.51 Å². The molecule has 0 bridgehead atoms. The van der Waals surface area contributed by atoms with E-state index < -0.39 is 29.2 Å². The number of carboxylic acid groups (broad SMARTS) is 1. The Morgan fingerprint density at radius 2 is 2.22 bits per heavy atom. The minimum atomic E-state index is -1.15. The van der Waals surface area contributed by atoms with Gasteiger partial charge in [-0.3, -0.25) is 14.5 Å². The van der Waals surface area contributed by atoms with Gasteiger partial charge in [-0.1, -0.05) is 23.4 Å². The highest BCUT2D eigenvalue weighted by Crippen LogP contribution is 2.40. The number of anilines is 1. The molecule has 0 radical (unpaired) electrons. The maximum absolute atomic E-state index is 13.1. The number of hydrogen-bond acceptors (Lipinski definition) is 10. The van der Waals surface area contributed by atoms with Crippen LogP contribution < -0.4 is 15.6 Å². The molecular weight excluding hydrogens is 524 g/mol. The second-order valence-electron chi connectivity index (χ2n) is 8.88. The Hall–Kier alpha value is -2.97. The lowest BCUT2D eigenvalue weighted by Crippen LogP contribution is -2.71. The number of nitrogens with one attached hydrogen (secondary N) is 1. The lowest BCUT2D eigenvalue weighted by molar-refractivity contribution is -0.692. The first-order valence-electron chi connectivity index (χ1n) is 11.3. The van der Waals surface area contributed by atoms with Crippen LogP contribution in [0.4, 0.5) is 5.13 Å². The molecule has 5 rings (SSSR count). The van der Waals surface area contributed by atoms with E-state index in [9.17, 15) is 19.5 Å². The Morgan fingerprint density at radius 1 is 1.42 bits per heavy atom. The van der Waals surface area contributed by atoms with Gasteiger partial charge in [0.1, 0.15) is 29.9 Å². The van der Waals surface area contributed by atoms with Crippen molar-refractivity contribution in [1.29, 1.82) is 0 Å². The van der Waals surface area contributed by atoms with E-state index in [2.05, 4.69) is 32.5 Å². The summed E-state index contributed by atoms with van der Waals surface area (Å²) in [5.41, 5.74) is 9.78. The first-order chi connectivity index (χ1) is 17.3. The molecule has 1 unspecified atom stereocenters. The third-order valence-corrected chi connectivity index (χ3v) is 9.52. The van der Waals surface area contributed by atoms with E-state index >= 15 is 0 Å². The number of nitrogen functional groups attached to an aromatic ring is 1. The van der Waals surface area contributed by atoms with Gasteiger partial charge >= 0.3 is 5.97 Å². The topological polar surface area (TPSA) is 151 Å². The predicted octanol–water partition coefficient (Wildman–Crippen LogP) is 0.988. The summed E-state index contributed by atoms with van der Waals surface area (Å²) in [5, 5.41) is 17.7. The summed E-state index contributed by atoms with van der Waals surface area (Å²) >= 11 is 4.29. The summed E-state index contributed by atoms with van der Waals surface area (Å²) in [4.78, 5) is 49.7. The van der Waals surface area contributed by atoms with Gasteiger partial charge in [0.05, 0.1) is 4.88 Å².